The number of aromatic nitrogens is 1. The van der Waals surface area contributed by atoms with Crippen molar-refractivity contribution in [3.63, 3.8) is 0 Å². The molecule has 0 unspecified atom stereocenters. The molecule has 0 bridgehead atoms. The summed E-state index contributed by atoms with van der Waals surface area (Å²) in [5, 5.41) is 3.11. The molecule has 1 rings (SSSR count). The monoisotopic (exact) mass is 248 g/mol. The summed E-state index contributed by atoms with van der Waals surface area (Å²) < 4.78 is 0. The van der Waals surface area contributed by atoms with E-state index in [2.05, 4.69) is 62.8 Å². The quantitative estimate of drug-likeness (QED) is 0.619. The zero-order valence-corrected chi connectivity index (χ0v) is 12.5. The van der Waals surface area contributed by atoms with Gasteiger partial charge in [-0.05, 0) is 51.4 Å². The van der Waals surface area contributed by atoms with Gasteiger partial charge in [0.1, 0.15) is 0 Å². The number of allylic oxidation sites excluding steroid dienone is 1. The van der Waals surface area contributed by atoms with Gasteiger partial charge >= 0.3 is 0 Å². The predicted octanol–water partition coefficient (Wildman–Crippen LogP) is 3.55. The van der Waals surface area contributed by atoms with Crippen molar-refractivity contribution >= 4 is 0 Å². The van der Waals surface area contributed by atoms with E-state index in [1.807, 2.05) is 14.0 Å². The maximum absolute atomic E-state index is 4.00. The Morgan fingerprint density at radius 2 is 1.94 bits per heavy atom. The van der Waals surface area contributed by atoms with Crippen LogP contribution in [0.1, 0.15) is 32.0 Å². The standard InChI is InChI=1S/C8H14N2.C6H12.C2H2/c1-7-5-8(6-10-7)3-4-9-2;1-5(2)6(3)4;1-2/h5-6,9-10H,3-4H2,1-2H3;6H,1H2,2-4H3;1-2H. The fraction of sp³-hybridized carbons (Fsp3) is 0.500. The van der Waals surface area contributed by atoms with Crippen molar-refractivity contribution in [2.24, 2.45) is 5.92 Å². The molecule has 18 heavy (non-hydrogen) atoms. The minimum atomic E-state index is 0.657. The van der Waals surface area contributed by atoms with Gasteiger partial charge in [-0.3, -0.25) is 0 Å². The lowest BCUT2D eigenvalue weighted by molar-refractivity contribution is 0.773. The molecule has 0 aliphatic rings. The van der Waals surface area contributed by atoms with Crippen LogP contribution in [-0.4, -0.2) is 18.6 Å². The van der Waals surface area contributed by atoms with Gasteiger partial charge in [-0.15, -0.1) is 12.8 Å². The normalized spacial score (nSPS) is 8.89. The molecule has 1 heterocycles. The van der Waals surface area contributed by atoms with E-state index in [0.29, 0.717) is 5.92 Å². The molecule has 0 aliphatic heterocycles. The fourth-order valence-corrected chi connectivity index (χ4v) is 0.982. The molecule has 0 atom stereocenters. The third-order valence-corrected chi connectivity index (χ3v) is 2.54. The van der Waals surface area contributed by atoms with Crippen LogP contribution in [0, 0.1) is 25.7 Å². The number of terminal acetylenes is 1. The molecule has 2 N–H and O–H groups in total. The maximum Gasteiger partial charge on any atom is 0.0118 e. The first-order valence-electron chi connectivity index (χ1n) is 6.24. The molecule has 0 spiro atoms. The van der Waals surface area contributed by atoms with E-state index in [1.54, 1.807) is 0 Å². The van der Waals surface area contributed by atoms with Crippen LogP contribution in [0.15, 0.2) is 24.4 Å². The lowest BCUT2D eigenvalue weighted by atomic mass is 10.1. The molecular weight excluding hydrogens is 220 g/mol. The summed E-state index contributed by atoms with van der Waals surface area (Å²) in [5.41, 5.74) is 3.88. The number of aromatic amines is 1. The summed E-state index contributed by atoms with van der Waals surface area (Å²) in [4.78, 5) is 3.15. The van der Waals surface area contributed by atoms with Crippen LogP contribution in [0.3, 0.4) is 0 Å². The number of H-pyrrole nitrogens is 1. The lowest BCUT2D eigenvalue weighted by Crippen LogP contribution is -2.09. The van der Waals surface area contributed by atoms with Gasteiger partial charge in [-0.1, -0.05) is 26.0 Å². The Balaban J connectivity index is 0. The average Bonchev–Trinajstić information content (AvgIpc) is 2.76. The SMILES string of the molecule is C#C.C=C(C)C(C)C.CNCCc1c[nH]c(C)c1. The second-order valence-electron chi connectivity index (χ2n) is 4.55. The number of rotatable bonds is 4. The van der Waals surface area contributed by atoms with Gasteiger partial charge in [0.15, 0.2) is 0 Å². The molecule has 0 saturated heterocycles. The highest BCUT2D eigenvalue weighted by atomic mass is 14.8. The lowest BCUT2D eigenvalue weighted by Gasteiger charge is -1.97. The van der Waals surface area contributed by atoms with Crippen LogP contribution >= 0.6 is 0 Å². The molecule has 2 nitrogen and oxygen atoms in total. The number of hydrogen-bond acceptors (Lipinski definition) is 1. The molecule has 0 amide bonds. The molecule has 0 aromatic carbocycles. The van der Waals surface area contributed by atoms with Crippen molar-refractivity contribution < 1.29 is 0 Å². The van der Waals surface area contributed by atoms with E-state index in [0.717, 1.165) is 13.0 Å². The number of likely N-dealkylation sites (N-methyl/N-ethyl adjacent to an activating group) is 1. The van der Waals surface area contributed by atoms with Gasteiger partial charge in [0.2, 0.25) is 0 Å². The number of hydrogen-bond donors (Lipinski definition) is 2. The van der Waals surface area contributed by atoms with Crippen LogP contribution in [-0.2, 0) is 6.42 Å². The summed E-state index contributed by atoms with van der Waals surface area (Å²) in [6.07, 6.45) is 11.2. The molecule has 102 valence electrons. The molecule has 2 heteroatoms. The molecular formula is C16H28N2. The van der Waals surface area contributed by atoms with E-state index >= 15 is 0 Å². The molecule has 0 aliphatic carbocycles. The number of aryl methyl sites for hydroxylation is 1. The van der Waals surface area contributed by atoms with Gasteiger partial charge in [-0.2, -0.15) is 0 Å². The summed E-state index contributed by atoms with van der Waals surface area (Å²) in [6.45, 7) is 13.2. The van der Waals surface area contributed by atoms with Crippen molar-refractivity contribution in [2.75, 3.05) is 13.6 Å². The highest BCUT2D eigenvalue weighted by Crippen LogP contribution is 2.02. The van der Waals surface area contributed by atoms with Gasteiger partial charge in [0.05, 0.1) is 0 Å². The van der Waals surface area contributed by atoms with Gasteiger partial charge in [-0.25, -0.2) is 0 Å². The first-order valence-corrected chi connectivity index (χ1v) is 6.24. The third kappa shape index (κ3) is 11.0. The number of nitrogens with one attached hydrogen (secondary N) is 2. The Labute approximate surface area is 113 Å². The predicted molar refractivity (Wildman–Crippen MR) is 82.7 cm³/mol. The van der Waals surface area contributed by atoms with Crippen LogP contribution in [0.2, 0.25) is 0 Å². The zero-order chi connectivity index (χ0) is 14.6. The summed E-state index contributed by atoms with van der Waals surface area (Å²) >= 11 is 0. The van der Waals surface area contributed by atoms with Crippen molar-refractivity contribution in [3.05, 3.63) is 35.7 Å². The molecule has 0 radical (unpaired) electrons. The van der Waals surface area contributed by atoms with Crippen molar-refractivity contribution in [3.8, 4) is 12.8 Å². The van der Waals surface area contributed by atoms with Crippen LogP contribution < -0.4 is 5.32 Å². The highest BCUT2D eigenvalue weighted by molar-refractivity contribution is 5.15. The third-order valence-electron chi connectivity index (χ3n) is 2.54. The van der Waals surface area contributed by atoms with Crippen LogP contribution in [0.5, 0.6) is 0 Å². The fourth-order valence-electron chi connectivity index (χ4n) is 0.982. The van der Waals surface area contributed by atoms with E-state index in [1.165, 1.54) is 16.8 Å². The van der Waals surface area contributed by atoms with Crippen LogP contribution in [0.25, 0.3) is 0 Å². The Morgan fingerprint density at radius 1 is 1.44 bits per heavy atom. The average molecular weight is 248 g/mol. The van der Waals surface area contributed by atoms with E-state index < -0.39 is 0 Å². The largest absolute Gasteiger partial charge is 0.365 e. The van der Waals surface area contributed by atoms with E-state index in [-0.39, 0.29) is 0 Å². The first kappa shape index (κ1) is 18.9. The first-order chi connectivity index (χ1) is 8.47. The smallest absolute Gasteiger partial charge is 0.0118 e. The molecule has 1 aromatic heterocycles. The second kappa shape index (κ2) is 12.0. The summed E-state index contributed by atoms with van der Waals surface area (Å²) in [6, 6.07) is 2.18. The van der Waals surface area contributed by atoms with Crippen molar-refractivity contribution in [2.45, 2.75) is 34.1 Å². The Bertz CT molecular complexity index is 332. The van der Waals surface area contributed by atoms with Crippen molar-refractivity contribution in [1.82, 2.24) is 10.3 Å². The zero-order valence-electron chi connectivity index (χ0n) is 12.5. The minimum absolute atomic E-state index is 0.657. The Kier molecular flexibility index (Phi) is 12.6. The second-order valence-corrected chi connectivity index (χ2v) is 4.55. The summed E-state index contributed by atoms with van der Waals surface area (Å²) in [5.74, 6) is 0.657. The van der Waals surface area contributed by atoms with Gasteiger partial charge in [0.25, 0.3) is 0 Å². The Hall–Kier alpha value is -1.46. The Morgan fingerprint density at radius 3 is 2.22 bits per heavy atom. The van der Waals surface area contributed by atoms with E-state index in [9.17, 15) is 0 Å². The van der Waals surface area contributed by atoms with Crippen molar-refractivity contribution in [1.29, 1.82) is 0 Å². The van der Waals surface area contributed by atoms with Crippen LogP contribution in [0.4, 0.5) is 0 Å². The minimum Gasteiger partial charge on any atom is -0.365 e. The van der Waals surface area contributed by atoms with E-state index in [4.69, 9.17) is 0 Å². The molecule has 0 fully saturated rings. The topological polar surface area (TPSA) is 27.8 Å². The highest BCUT2D eigenvalue weighted by Gasteiger charge is 1.92. The summed E-state index contributed by atoms with van der Waals surface area (Å²) in [7, 11) is 1.97. The van der Waals surface area contributed by atoms with Gasteiger partial charge < -0.3 is 10.3 Å². The van der Waals surface area contributed by atoms with Gasteiger partial charge in [0, 0.05) is 11.9 Å². The molecule has 0 saturated carbocycles. The molecule has 1 aromatic rings. The maximum atomic E-state index is 4.00.